The molecule has 4 rings (SSSR count). The Labute approximate surface area is 219 Å². The Morgan fingerprint density at radius 2 is 1.70 bits per heavy atom. The minimum atomic E-state index is -4.33. The summed E-state index contributed by atoms with van der Waals surface area (Å²) in [5.74, 6) is 0.618. The van der Waals surface area contributed by atoms with Crippen LogP contribution in [0, 0.1) is 5.92 Å². The highest BCUT2D eigenvalue weighted by molar-refractivity contribution is 5.76. The molecule has 3 fully saturated rings. The predicted octanol–water partition coefficient (Wildman–Crippen LogP) is 4.34. The molecular formula is C28H43F3N4O2. The van der Waals surface area contributed by atoms with E-state index >= 15 is 0 Å². The lowest BCUT2D eigenvalue weighted by Gasteiger charge is -2.48. The maximum absolute atomic E-state index is 13.2. The van der Waals surface area contributed by atoms with E-state index in [1.54, 1.807) is 6.07 Å². The molecule has 9 heteroatoms. The summed E-state index contributed by atoms with van der Waals surface area (Å²) in [6.07, 6.45) is -1.72. The van der Waals surface area contributed by atoms with Crippen LogP contribution in [0.5, 0.6) is 0 Å². The number of halogens is 3. The summed E-state index contributed by atoms with van der Waals surface area (Å²) >= 11 is 0. The number of ether oxygens (including phenoxy) is 1. The number of carbonyl (C=O) groups excluding carboxylic acids is 1. The van der Waals surface area contributed by atoms with Gasteiger partial charge in [-0.1, -0.05) is 6.07 Å². The molecule has 1 aromatic rings. The van der Waals surface area contributed by atoms with Crippen LogP contribution in [-0.4, -0.2) is 97.3 Å². The highest BCUT2D eigenvalue weighted by Crippen LogP contribution is 2.33. The Morgan fingerprint density at radius 1 is 1.03 bits per heavy atom. The van der Waals surface area contributed by atoms with E-state index in [0.717, 1.165) is 45.1 Å². The molecule has 0 bridgehead atoms. The van der Waals surface area contributed by atoms with Crippen LogP contribution in [0.15, 0.2) is 24.3 Å². The number of likely N-dealkylation sites (tertiary alicyclic amines) is 1. The third kappa shape index (κ3) is 7.18. The van der Waals surface area contributed by atoms with E-state index in [1.165, 1.54) is 12.1 Å². The van der Waals surface area contributed by atoms with Crippen LogP contribution >= 0.6 is 0 Å². The van der Waals surface area contributed by atoms with Crippen LogP contribution in [0.4, 0.5) is 18.9 Å². The van der Waals surface area contributed by atoms with Gasteiger partial charge in [0.1, 0.15) is 0 Å². The average molecular weight is 525 g/mol. The van der Waals surface area contributed by atoms with Gasteiger partial charge in [0.05, 0.1) is 17.8 Å². The van der Waals surface area contributed by atoms with Crippen molar-refractivity contribution < 1.29 is 22.7 Å². The van der Waals surface area contributed by atoms with E-state index in [4.69, 9.17) is 4.74 Å². The predicted molar refractivity (Wildman–Crippen MR) is 140 cm³/mol. The average Bonchev–Trinajstić information content (AvgIpc) is 2.86. The van der Waals surface area contributed by atoms with Crippen molar-refractivity contribution in [2.75, 3.05) is 57.3 Å². The number of rotatable bonds is 6. The molecule has 3 saturated heterocycles. The minimum absolute atomic E-state index is 0.0692. The van der Waals surface area contributed by atoms with E-state index in [1.807, 2.05) is 18.7 Å². The van der Waals surface area contributed by atoms with Gasteiger partial charge < -0.3 is 19.4 Å². The van der Waals surface area contributed by atoms with Crippen LogP contribution in [0.3, 0.4) is 0 Å². The van der Waals surface area contributed by atoms with Gasteiger partial charge in [-0.25, -0.2) is 0 Å². The molecule has 1 amide bonds. The van der Waals surface area contributed by atoms with Gasteiger partial charge in [-0.15, -0.1) is 0 Å². The zero-order chi connectivity index (χ0) is 26.7. The first-order valence-corrected chi connectivity index (χ1v) is 13.8. The molecule has 0 aliphatic carbocycles. The Kier molecular flexibility index (Phi) is 9.07. The molecule has 0 spiro atoms. The lowest BCUT2D eigenvalue weighted by Crippen LogP contribution is -2.57. The van der Waals surface area contributed by atoms with E-state index in [-0.39, 0.29) is 18.1 Å². The zero-order valence-electron chi connectivity index (χ0n) is 22.7. The zero-order valence-corrected chi connectivity index (χ0v) is 22.7. The number of hydrogen-bond acceptors (Lipinski definition) is 5. The van der Waals surface area contributed by atoms with Crippen molar-refractivity contribution in [2.24, 2.45) is 5.92 Å². The highest BCUT2D eigenvalue weighted by Gasteiger charge is 2.37. The number of amides is 1. The van der Waals surface area contributed by atoms with Crippen molar-refractivity contribution in [1.29, 1.82) is 0 Å². The van der Waals surface area contributed by atoms with Crippen molar-refractivity contribution in [2.45, 2.75) is 77.4 Å². The maximum Gasteiger partial charge on any atom is 0.416 e. The minimum Gasteiger partial charge on any atom is -0.372 e. The number of carbonyl (C=O) groups is 1. The second kappa shape index (κ2) is 11.9. The molecule has 4 atom stereocenters. The van der Waals surface area contributed by atoms with Crippen molar-refractivity contribution in [3.8, 4) is 0 Å². The molecule has 0 N–H and O–H groups in total. The molecule has 3 aliphatic rings. The first-order chi connectivity index (χ1) is 17.5. The van der Waals surface area contributed by atoms with E-state index in [0.29, 0.717) is 56.3 Å². The van der Waals surface area contributed by atoms with Gasteiger partial charge >= 0.3 is 6.18 Å². The van der Waals surface area contributed by atoms with E-state index < -0.39 is 11.7 Å². The van der Waals surface area contributed by atoms with Gasteiger partial charge in [0, 0.05) is 70.0 Å². The standard InChI is InChI=1S/C28H43F3N4O2/c1-20(2)34-11-10-26(23(19-34)8-9-27(36)35-17-21(3)37-22(4)18-35)33-14-12-32(13-15-33)25-7-5-6-24(16-25)28(29,30)31/h5-7,16,20-23,26H,8-15,17-19H2,1-4H3/t21-,22+,23-,26+/m0/s1. The normalized spacial score (nSPS) is 28.6. The summed E-state index contributed by atoms with van der Waals surface area (Å²) in [5, 5.41) is 0. The van der Waals surface area contributed by atoms with Gasteiger partial charge in [0.25, 0.3) is 0 Å². The Morgan fingerprint density at radius 3 is 2.32 bits per heavy atom. The summed E-state index contributed by atoms with van der Waals surface area (Å²) in [7, 11) is 0. The van der Waals surface area contributed by atoms with Crippen LogP contribution in [0.25, 0.3) is 0 Å². The van der Waals surface area contributed by atoms with Crippen LogP contribution in [0.1, 0.15) is 52.5 Å². The van der Waals surface area contributed by atoms with Crippen LogP contribution < -0.4 is 4.90 Å². The fourth-order valence-electron chi connectivity index (χ4n) is 6.32. The monoisotopic (exact) mass is 524 g/mol. The third-order valence-corrected chi connectivity index (χ3v) is 8.28. The summed E-state index contributed by atoms with van der Waals surface area (Å²) in [6.45, 7) is 14.9. The first-order valence-electron chi connectivity index (χ1n) is 13.8. The molecule has 1 aromatic carbocycles. The molecule has 208 valence electrons. The summed E-state index contributed by atoms with van der Waals surface area (Å²) in [6, 6.07) is 6.53. The summed E-state index contributed by atoms with van der Waals surface area (Å²) in [4.78, 5) is 22.2. The largest absolute Gasteiger partial charge is 0.416 e. The maximum atomic E-state index is 13.2. The van der Waals surface area contributed by atoms with Crippen molar-refractivity contribution in [1.82, 2.24) is 14.7 Å². The Hall–Kier alpha value is -1.84. The lowest BCUT2D eigenvalue weighted by molar-refractivity contribution is -0.143. The second-order valence-electron chi connectivity index (χ2n) is 11.4. The number of piperidine rings is 1. The number of piperazine rings is 1. The quantitative estimate of drug-likeness (QED) is 0.554. The Balaban J connectivity index is 1.37. The topological polar surface area (TPSA) is 39.3 Å². The third-order valence-electron chi connectivity index (χ3n) is 8.28. The Bertz CT molecular complexity index is 894. The van der Waals surface area contributed by atoms with Crippen LogP contribution in [-0.2, 0) is 15.7 Å². The summed E-state index contributed by atoms with van der Waals surface area (Å²) in [5.41, 5.74) is 0.0440. The number of anilines is 1. The summed E-state index contributed by atoms with van der Waals surface area (Å²) < 4.78 is 45.4. The molecule has 0 radical (unpaired) electrons. The molecule has 37 heavy (non-hydrogen) atoms. The van der Waals surface area contributed by atoms with Gasteiger partial charge in [0.2, 0.25) is 5.91 Å². The number of alkyl halides is 3. The van der Waals surface area contributed by atoms with Gasteiger partial charge in [-0.3, -0.25) is 9.69 Å². The molecule has 0 unspecified atom stereocenters. The van der Waals surface area contributed by atoms with Crippen LogP contribution in [0.2, 0.25) is 0 Å². The molecule has 0 saturated carbocycles. The van der Waals surface area contributed by atoms with Gasteiger partial charge in [0.15, 0.2) is 0 Å². The number of benzene rings is 1. The van der Waals surface area contributed by atoms with Crippen molar-refractivity contribution in [3.05, 3.63) is 29.8 Å². The van der Waals surface area contributed by atoms with Gasteiger partial charge in [-0.2, -0.15) is 13.2 Å². The molecule has 0 aromatic heterocycles. The van der Waals surface area contributed by atoms with Gasteiger partial charge in [-0.05, 0) is 71.2 Å². The number of morpholine rings is 1. The van der Waals surface area contributed by atoms with E-state index in [9.17, 15) is 18.0 Å². The number of hydrogen-bond donors (Lipinski definition) is 0. The fourth-order valence-corrected chi connectivity index (χ4v) is 6.32. The molecule has 6 nitrogen and oxygen atoms in total. The second-order valence-corrected chi connectivity index (χ2v) is 11.4. The van der Waals surface area contributed by atoms with E-state index in [2.05, 4.69) is 28.5 Å². The number of nitrogens with zero attached hydrogens (tertiary/aromatic N) is 4. The van der Waals surface area contributed by atoms with Crippen molar-refractivity contribution in [3.63, 3.8) is 0 Å². The molecule has 3 aliphatic heterocycles. The van der Waals surface area contributed by atoms with Crippen molar-refractivity contribution >= 4 is 11.6 Å². The molecular weight excluding hydrogens is 481 g/mol. The SMILES string of the molecule is CC(C)N1CC[C@@H](N2CCN(c3cccc(C(F)(F)F)c3)CC2)[C@@H](CCC(=O)N2C[C@@H](C)O[C@@H](C)C2)C1. The first kappa shape index (κ1) is 28.2. The fraction of sp³-hybridized carbons (Fsp3) is 0.750. The lowest BCUT2D eigenvalue weighted by atomic mass is 9.85. The highest BCUT2D eigenvalue weighted by atomic mass is 19.4. The smallest absolute Gasteiger partial charge is 0.372 e. The molecule has 3 heterocycles.